The molecule has 1 atom stereocenters. The van der Waals surface area contributed by atoms with Crippen molar-refractivity contribution in [1.82, 2.24) is 9.78 Å². The van der Waals surface area contributed by atoms with Crippen molar-refractivity contribution in [3.63, 3.8) is 0 Å². The molecule has 0 saturated carbocycles. The van der Waals surface area contributed by atoms with Crippen LogP contribution in [-0.2, 0) is 29.6 Å². The van der Waals surface area contributed by atoms with Crippen LogP contribution in [-0.4, -0.2) is 15.7 Å². The van der Waals surface area contributed by atoms with Gasteiger partial charge in [-0.05, 0) is 55.0 Å². The fourth-order valence-electron chi connectivity index (χ4n) is 4.85. The Morgan fingerprint density at radius 2 is 2.00 bits per heavy atom. The number of aryl methyl sites for hydroxylation is 2. The molecule has 1 spiro atoms. The first-order chi connectivity index (χ1) is 14.1. The first-order valence-corrected chi connectivity index (χ1v) is 10.1. The topological polar surface area (TPSA) is 61.9 Å². The van der Waals surface area contributed by atoms with Crippen molar-refractivity contribution in [2.75, 3.05) is 4.90 Å². The number of hydrogen-bond acceptors (Lipinski definition) is 3. The number of fused-ring (bicyclic) bond motifs is 3. The van der Waals surface area contributed by atoms with Gasteiger partial charge in [-0.3, -0.25) is 14.4 Å². The third-order valence-corrected chi connectivity index (χ3v) is 6.17. The molecule has 5 heteroatoms. The predicted octanol–water partition coefficient (Wildman–Crippen LogP) is 4.19. The predicted molar refractivity (Wildman–Crippen MR) is 111 cm³/mol. The van der Waals surface area contributed by atoms with Crippen molar-refractivity contribution < 1.29 is 4.79 Å². The summed E-state index contributed by atoms with van der Waals surface area (Å²) in [6.45, 7) is 5.00. The Hall–Kier alpha value is -3.39. The zero-order chi connectivity index (χ0) is 20.2. The summed E-state index contributed by atoms with van der Waals surface area (Å²) in [7, 11) is 0. The minimum absolute atomic E-state index is 0.0764. The van der Waals surface area contributed by atoms with E-state index in [1.54, 1.807) is 11.1 Å². The molecule has 0 fully saturated rings. The summed E-state index contributed by atoms with van der Waals surface area (Å²) in [6.07, 6.45) is 6.04. The molecule has 2 heterocycles. The molecule has 1 aliphatic heterocycles. The normalized spacial score (nSPS) is 19.5. The molecular weight excluding hydrogens is 360 g/mol. The van der Waals surface area contributed by atoms with Crippen molar-refractivity contribution in [1.29, 1.82) is 5.26 Å². The largest absolute Gasteiger partial charge is 0.277 e. The van der Waals surface area contributed by atoms with Gasteiger partial charge in [-0.2, -0.15) is 10.4 Å². The van der Waals surface area contributed by atoms with Gasteiger partial charge in [-0.25, -0.2) is 0 Å². The van der Waals surface area contributed by atoms with E-state index in [4.69, 9.17) is 0 Å². The van der Waals surface area contributed by atoms with E-state index in [1.165, 1.54) is 16.7 Å². The van der Waals surface area contributed by atoms with Crippen LogP contribution in [0.3, 0.4) is 0 Å². The van der Waals surface area contributed by atoms with Gasteiger partial charge < -0.3 is 0 Å². The maximum atomic E-state index is 13.9. The number of anilines is 2. The Labute approximate surface area is 170 Å². The highest BCUT2D eigenvalue weighted by Crippen LogP contribution is 2.52. The molecule has 1 aliphatic carbocycles. The second-order valence-corrected chi connectivity index (χ2v) is 8.15. The number of benzene rings is 2. The Bertz CT molecular complexity index is 1190. The number of hydrogen-bond donors (Lipinski definition) is 0. The average Bonchev–Trinajstić information content (AvgIpc) is 3.38. The fourth-order valence-corrected chi connectivity index (χ4v) is 4.85. The van der Waals surface area contributed by atoms with Gasteiger partial charge in [0, 0.05) is 12.7 Å². The van der Waals surface area contributed by atoms with Crippen molar-refractivity contribution in [2.24, 2.45) is 0 Å². The van der Waals surface area contributed by atoms with Gasteiger partial charge in [-0.1, -0.05) is 36.8 Å². The van der Waals surface area contributed by atoms with Crippen LogP contribution in [0.5, 0.6) is 0 Å². The highest BCUT2D eigenvalue weighted by Gasteiger charge is 2.54. The van der Waals surface area contributed by atoms with E-state index in [0.717, 1.165) is 29.9 Å². The fraction of sp³-hybridized carbons (Fsp3) is 0.292. The molecule has 0 saturated heterocycles. The molecule has 0 N–H and O–H groups in total. The second kappa shape index (κ2) is 6.31. The number of nitrogens with zero attached hydrogens (tertiary/aromatic N) is 4. The molecule has 5 rings (SSSR count). The molecule has 0 bridgehead atoms. The monoisotopic (exact) mass is 382 g/mol. The van der Waals surface area contributed by atoms with Crippen molar-refractivity contribution in [3.05, 3.63) is 76.6 Å². The van der Waals surface area contributed by atoms with E-state index < -0.39 is 5.41 Å². The number of carbonyl (C=O) groups excluding carboxylic acids is 1. The van der Waals surface area contributed by atoms with Gasteiger partial charge >= 0.3 is 0 Å². The lowest BCUT2D eigenvalue weighted by Gasteiger charge is -2.23. The van der Waals surface area contributed by atoms with Gasteiger partial charge in [0.05, 0.1) is 34.6 Å². The van der Waals surface area contributed by atoms with Crippen molar-refractivity contribution >= 4 is 17.3 Å². The molecular formula is C24H22N4O. The Balaban J connectivity index is 1.66. The minimum Gasteiger partial charge on any atom is -0.277 e. The first-order valence-electron chi connectivity index (χ1n) is 10.1. The summed E-state index contributed by atoms with van der Waals surface area (Å²) in [5.74, 6) is 0.0764. The average molecular weight is 382 g/mol. The van der Waals surface area contributed by atoms with Gasteiger partial charge in [0.1, 0.15) is 0 Å². The van der Waals surface area contributed by atoms with E-state index in [-0.39, 0.29) is 5.91 Å². The van der Waals surface area contributed by atoms with Crippen LogP contribution < -0.4 is 4.90 Å². The van der Waals surface area contributed by atoms with Gasteiger partial charge in [0.25, 0.3) is 0 Å². The molecule has 0 radical (unpaired) electrons. The summed E-state index contributed by atoms with van der Waals surface area (Å²) < 4.78 is 1.87. The Morgan fingerprint density at radius 1 is 1.17 bits per heavy atom. The molecule has 1 aromatic heterocycles. The molecule has 2 aromatic carbocycles. The molecule has 29 heavy (non-hydrogen) atoms. The molecule has 2 aliphatic rings. The maximum Gasteiger partial charge on any atom is 0.243 e. The highest BCUT2D eigenvalue weighted by atomic mass is 16.2. The Morgan fingerprint density at radius 3 is 2.79 bits per heavy atom. The summed E-state index contributed by atoms with van der Waals surface area (Å²) in [5.41, 5.74) is 6.25. The lowest BCUT2D eigenvalue weighted by Crippen LogP contribution is -2.39. The minimum atomic E-state index is -0.605. The van der Waals surface area contributed by atoms with Gasteiger partial charge in [0.15, 0.2) is 0 Å². The third-order valence-electron chi connectivity index (χ3n) is 6.17. The standard InChI is InChI=1S/C24H22N4O/c1-3-8-27-15-20(14-26-27)28-22-10-17(13-25)5-7-21(22)24(23(28)29)11-18-6-4-16(2)9-19(18)12-24/h4-7,9-10,14-15H,3,8,11-12H2,1-2H3. The quantitative estimate of drug-likeness (QED) is 0.682. The maximum absolute atomic E-state index is 13.9. The highest BCUT2D eigenvalue weighted by molar-refractivity contribution is 6.13. The third kappa shape index (κ3) is 2.52. The lowest BCUT2D eigenvalue weighted by molar-refractivity contribution is -0.122. The first kappa shape index (κ1) is 17.7. The smallest absolute Gasteiger partial charge is 0.243 e. The summed E-state index contributed by atoms with van der Waals surface area (Å²) in [5, 5.41) is 13.8. The zero-order valence-corrected chi connectivity index (χ0v) is 16.6. The van der Waals surface area contributed by atoms with Crippen LogP contribution in [0.2, 0.25) is 0 Å². The van der Waals surface area contributed by atoms with Crippen LogP contribution in [0.15, 0.2) is 48.8 Å². The van der Waals surface area contributed by atoms with Crippen LogP contribution in [0.1, 0.15) is 41.2 Å². The molecule has 1 unspecified atom stereocenters. The van der Waals surface area contributed by atoms with E-state index in [0.29, 0.717) is 18.4 Å². The van der Waals surface area contributed by atoms with E-state index >= 15 is 0 Å². The summed E-state index contributed by atoms with van der Waals surface area (Å²) in [6, 6.07) is 14.3. The lowest BCUT2D eigenvalue weighted by atomic mass is 9.78. The molecule has 1 amide bonds. The van der Waals surface area contributed by atoms with Crippen LogP contribution >= 0.6 is 0 Å². The zero-order valence-electron chi connectivity index (χ0n) is 16.6. The van der Waals surface area contributed by atoms with Crippen LogP contribution in [0.4, 0.5) is 11.4 Å². The SMILES string of the molecule is CCCn1cc(N2C(=O)C3(Cc4ccc(C)cc4C3)c3ccc(C#N)cc32)cn1. The summed E-state index contributed by atoms with van der Waals surface area (Å²) in [4.78, 5) is 15.7. The number of amides is 1. The second-order valence-electron chi connectivity index (χ2n) is 8.15. The van der Waals surface area contributed by atoms with Gasteiger partial charge in [0.2, 0.25) is 5.91 Å². The van der Waals surface area contributed by atoms with E-state index in [1.807, 2.05) is 29.1 Å². The van der Waals surface area contributed by atoms with Crippen LogP contribution in [0, 0.1) is 18.3 Å². The summed E-state index contributed by atoms with van der Waals surface area (Å²) >= 11 is 0. The number of aromatic nitrogens is 2. The number of nitriles is 1. The molecule has 3 aromatic rings. The Kier molecular flexibility index (Phi) is 3.85. The number of rotatable bonds is 3. The van der Waals surface area contributed by atoms with E-state index in [9.17, 15) is 10.1 Å². The number of carbonyl (C=O) groups is 1. The van der Waals surface area contributed by atoms with E-state index in [2.05, 4.69) is 43.2 Å². The van der Waals surface area contributed by atoms with Crippen LogP contribution in [0.25, 0.3) is 0 Å². The molecule has 144 valence electrons. The van der Waals surface area contributed by atoms with Gasteiger partial charge in [-0.15, -0.1) is 0 Å². The molecule has 5 nitrogen and oxygen atoms in total. The van der Waals surface area contributed by atoms with Crippen molar-refractivity contribution in [2.45, 2.75) is 45.1 Å². The van der Waals surface area contributed by atoms with Crippen molar-refractivity contribution in [3.8, 4) is 6.07 Å².